The average Bonchev–Trinajstić information content (AvgIpc) is 3.19. The first kappa shape index (κ1) is 21.9. The van der Waals surface area contributed by atoms with Crippen LogP contribution in [0.5, 0.6) is 0 Å². The van der Waals surface area contributed by atoms with Gasteiger partial charge in [0.05, 0.1) is 5.69 Å². The van der Waals surface area contributed by atoms with Crippen molar-refractivity contribution < 1.29 is 0 Å². The van der Waals surface area contributed by atoms with Crippen LogP contribution < -0.4 is 10.5 Å². The summed E-state index contributed by atoms with van der Waals surface area (Å²) in [5, 5.41) is 5.17. The molecular weight excluding hydrogens is 464 g/mol. The molecule has 0 amide bonds. The van der Waals surface area contributed by atoms with Crippen molar-refractivity contribution in [2.45, 2.75) is 13.1 Å². The SMILES string of the molecule is C[Si]1(C)c2ccccc2-c2c(-c3ccccc3)nc(-c3cccc(-c4cccc5ccccc45)c3)nc21. The van der Waals surface area contributed by atoms with Gasteiger partial charge in [0.25, 0.3) is 0 Å². The van der Waals surface area contributed by atoms with Gasteiger partial charge in [-0.05, 0) is 38.7 Å². The highest BCUT2D eigenvalue weighted by Gasteiger charge is 2.41. The van der Waals surface area contributed by atoms with Crippen molar-refractivity contribution in [1.82, 2.24) is 9.97 Å². The molecule has 1 aliphatic heterocycles. The van der Waals surface area contributed by atoms with E-state index in [1.165, 1.54) is 43.5 Å². The summed E-state index contributed by atoms with van der Waals surface area (Å²) in [6.07, 6.45) is 0. The van der Waals surface area contributed by atoms with Crippen LogP contribution in [0.3, 0.4) is 0 Å². The molecule has 0 unspecified atom stereocenters. The van der Waals surface area contributed by atoms with E-state index in [1.54, 1.807) is 0 Å². The summed E-state index contributed by atoms with van der Waals surface area (Å²) in [5.74, 6) is 0.799. The van der Waals surface area contributed by atoms with Gasteiger partial charge >= 0.3 is 0 Å². The molecule has 6 aromatic rings. The Balaban J connectivity index is 1.46. The van der Waals surface area contributed by atoms with Crippen LogP contribution in [0, 0.1) is 0 Å². The van der Waals surface area contributed by atoms with E-state index in [0.29, 0.717) is 0 Å². The van der Waals surface area contributed by atoms with Crippen molar-refractivity contribution in [3.63, 3.8) is 0 Å². The lowest BCUT2D eigenvalue weighted by Gasteiger charge is -2.19. The van der Waals surface area contributed by atoms with Crippen LogP contribution >= 0.6 is 0 Å². The van der Waals surface area contributed by atoms with Crippen LogP contribution in [0.15, 0.2) is 121 Å². The zero-order chi connectivity index (χ0) is 25.0. The fraction of sp³-hybridized carbons (Fsp3) is 0.0588. The second-order valence-electron chi connectivity index (χ2n) is 10.3. The molecule has 37 heavy (non-hydrogen) atoms. The molecule has 2 heterocycles. The second kappa shape index (κ2) is 8.36. The Labute approximate surface area is 218 Å². The second-order valence-corrected chi connectivity index (χ2v) is 14.5. The zero-order valence-electron chi connectivity index (χ0n) is 20.9. The topological polar surface area (TPSA) is 25.8 Å². The fourth-order valence-corrected chi connectivity index (χ4v) is 8.69. The average molecular weight is 491 g/mol. The summed E-state index contributed by atoms with van der Waals surface area (Å²) in [4.78, 5) is 10.6. The summed E-state index contributed by atoms with van der Waals surface area (Å²) < 4.78 is 0. The van der Waals surface area contributed by atoms with E-state index in [4.69, 9.17) is 9.97 Å². The van der Waals surface area contributed by atoms with E-state index in [9.17, 15) is 0 Å². The van der Waals surface area contributed by atoms with Gasteiger partial charge in [0.1, 0.15) is 8.07 Å². The van der Waals surface area contributed by atoms with E-state index in [0.717, 1.165) is 22.6 Å². The number of benzene rings is 5. The Hall–Kier alpha value is -4.34. The highest BCUT2D eigenvalue weighted by atomic mass is 28.3. The molecule has 0 atom stereocenters. The summed E-state index contributed by atoms with van der Waals surface area (Å²) in [6.45, 7) is 4.82. The van der Waals surface area contributed by atoms with Gasteiger partial charge in [-0.25, -0.2) is 9.97 Å². The summed E-state index contributed by atoms with van der Waals surface area (Å²) >= 11 is 0. The number of aromatic nitrogens is 2. The molecule has 0 N–H and O–H groups in total. The van der Waals surface area contributed by atoms with Gasteiger partial charge in [-0.3, -0.25) is 0 Å². The molecule has 2 nitrogen and oxygen atoms in total. The first-order chi connectivity index (χ1) is 18.1. The first-order valence-corrected chi connectivity index (χ1v) is 15.8. The van der Waals surface area contributed by atoms with Crippen molar-refractivity contribution >= 4 is 29.4 Å². The van der Waals surface area contributed by atoms with Crippen LogP contribution in [-0.4, -0.2) is 18.0 Å². The van der Waals surface area contributed by atoms with Gasteiger partial charge in [-0.2, -0.15) is 0 Å². The number of hydrogen-bond acceptors (Lipinski definition) is 2. The zero-order valence-corrected chi connectivity index (χ0v) is 21.9. The highest BCUT2D eigenvalue weighted by molar-refractivity contribution is 7.03. The molecule has 0 spiro atoms. The van der Waals surface area contributed by atoms with Crippen LogP contribution in [0.2, 0.25) is 13.1 Å². The lowest BCUT2D eigenvalue weighted by Crippen LogP contribution is -2.50. The molecular formula is C34H26N2Si. The van der Waals surface area contributed by atoms with E-state index in [2.05, 4.69) is 134 Å². The third-order valence-electron chi connectivity index (χ3n) is 7.64. The lowest BCUT2D eigenvalue weighted by molar-refractivity contribution is 1.21. The number of fused-ring (bicyclic) bond motifs is 4. The predicted molar refractivity (Wildman–Crippen MR) is 158 cm³/mol. The maximum Gasteiger partial charge on any atom is 0.159 e. The highest BCUT2D eigenvalue weighted by Crippen LogP contribution is 2.37. The van der Waals surface area contributed by atoms with Gasteiger partial charge in [-0.15, -0.1) is 0 Å². The predicted octanol–water partition coefficient (Wildman–Crippen LogP) is 7.43. The number of hydrogen-bond donors (Lipinski definition) is 0. The van der Waals surface area contributed by atoms with Gasteiger partial charge in [0.15, 0.2) is 5.82 Å². The molecule has 0 aliphatic carbocycles. The van der Waals surface area contributed by atoms with Crippen molar-refractivity contribution in [2.75, 3.05) is 0 Å². The number of nitrogens with zero attached hydrogens (tertiary/aromatic N) is 2. The van der Waals surface area contributed by atoms with Gasteiger partial charge in [0, 0.05) is 22.0 Å². The van der Waals surface area contributed by atoms with E-state index in [-0.39, 0.29) is 0 Å². The first-order valence-electron chi connectivity index (χ1n) is 12.8. The van der Waals surface area contributed by atoms with Crippen molar-refractivity contribution in [1.29, 1.82) is 0 Å². The molecule has 0 saturated heterocycles. The van der Waals surface area contributed by atoms with E-state index >= 15 is 0 Å². The summed E-state index contributed by atoms with van der Waals surface area (Å²) in [5.41, 5.74) is 8.13. The Morgan fingerprint density at radius 1 is 0.541 bits per heavy atom. The molecule has 0 bridgehead atoms. The van der Waals surface area contributed by atoms with Crippen LogP contribution in [0.4, 0.5) is 0 Å². The minimum Gasteiger partial charge on any atom is -0.237 e. The Morgan fingerprint density at radius 2 is 1.19 bits per heavy atom. The van der Waals surface area contributed by atoms with Crippen LogP contribution in [-0.2, 0) is 0 Å². The molecule has 5 aromatic carbocycles. The van der Waals surface area contributed by atoms with Crippen molar-refractivity contribution in [2.24, 2.45) is 0 Å². The molecule has 1 aliphatic rings. The minimum atomic E-state index is -1.97. The third kappa shape index (κ3) is 3.46. The van der Waals surface area contributed by atoms with E-state index in [1.807, 2.05) is 0 Å². The Bertz CT molecular complexity index is 1800. The molecule has 3 heteroatoms. The van der Waals surface area contributed by atoms with Gasteiger partial charge in [0.2, 0.25) is 0 Å². The maximum atomic E-state index is 5.32. The molecule has 1 aromatic heterocycles. The summed E-state index contributed by atoms with van der Waals surface area (Å²) in [6, 6.07) is 43.2. The van der Waals surface area contributed by atoms with Crippen LogP contribution in [0.25, 0.3) is 55.7 Å². The fourth-order valence-electron chi connectivity index (χ4n) is 5.78. The molecule has 0 radical (unpaired) electrons. The minimum absolute atomic E-state index is 0.799. The molecule has 176 valence electrons. The van der Waals surface area contributed by atoms with E-state index < -0.39 is 8.07 Å². The smallest absolute Gasteiger partial charge is 0.159 e. The van der Waals surface area contributed by atoms with Crippen molar-refractivity contribution in [3.8, 4) is 44.9 Å². The summed E-state index contributed by atoms with van der Waals surface area (Å²) in [7, 11) is -1.97. The monoisotopic (exact) mass is 490 g/mol. The molecule has 7 rings (SSSR count). The molecule has 0 saturated carbocycles. The van der Waals surface area contributed by atoms with Crippen molar-refractivity contribution in [3.05, 3.63) is 121 Å². The maximum absolute atomic E-state index is 5.32. The number of rotatable bonds is 3. The third-order valence-corrected chi connectivity index (χ3v) is 11.0. The van der Waals surface area contributed by atoms with Gasteiger partial charge < -0.3 is 0 Å². The Kier molecular flexibility index (Phi) is 4.95. The quantitative estimate of drug-likeness (QED) is 0.241. The molecule has 0 fully saturated rings. The normalized spacial score (nSPS) is 13.4. The Morgan fingerprint density at radius 3 is 2.08 bits per heavy atom. The van der Waals surface area contributed by atoms with Crippen LogP contribution in [0.1, 0.15) is 0 Å². The largest absolute Gasteiger partial charge is 0.237 e. The standard InChI is InChI=1S/C34H26N2Si/c1-37(2)30-21-9-8-19-29(30)31-32(24-13-4-3-5-14-24)35-33(36-34(31)37)26-17-10-16-25(22-26)28-20-11-15-23-12-6-7-18-27(23)28/h3-22H,1-2H3. The lowest BCUT2D eigenvalue weighted by atomic mass is 9.96. The van der Waals surface area contributed by atoms with Gasteiger partial charge in [-0.1, -0.05) is 128 Å².